The summed E-state index contributed by atoms with van der Waals surface area (Å²) in [6.07, 6.45) is 2.78. The fraction of sp³-hybridized carbons (Fsp3) is 0.286. The van der Waals surface area contributed by atoms with Crippen molar-refractivity contribution in [2.75, 3.05) is 6.61 Å². The maximum absolute atomic E-state index is 8.44. The van der Waals surface area contributed by atoms with Gasteiger partial charge in [0.25, 0.3) is 0 Å². The third-order valence-corrected chi connectivity index (χ3v) is 1.75. The lowest BCUT2D eigenvalue weighted by Gasteiger charge is -1.89. The molecule has 0 saturated carbocycles. The summed E-state index contributed by atoms with van der Waals surface area (Å²) in [5.74, 6) is 0. The Morgan fingerprint density at radius 3 is 3.11 bits per heavy atom. The van der Waals surface area contributed by atoms with Crippen molar-refractivity contribution in [2.24, 2.45) is 0 Å². The molecule has 0 aliphatic heterocycles. The van der Waals surface area contributed by atoms with E-state index in [9.17, 15) is 0 Å². The van der Waals surface area contributed by atoms with Gasteiger partial charge in [0.05, 0.1) is 0 Å². The Labute approximate surface area is 59.0 Å². The molecule has 0 saturated heterocycles. The minimum atomic E-state index is 0.246. The van der Waals surface area contributed by atoms with Gasteiger partial charge in [0.2, 0.25) is 0 Å². The van der Waals surface area contributed by atoms with Crippen molar-refractivity contribution in [3.8, 4) is 0 Å². The van der Waals surface area contributed by atoms with Gasteiger partial charge in [-0.2, -0.15) is 11.3 Å². The van der Waals surface area contributed by atoms with E-state index in [4.69, 9.17) is 5.11 Å². The summed E-state index contributed by atoms with van der Waals surface area (Å²) in [6, 6.07) is 2.04. The van der Waals surface area contributed by atoms with E-state index in [2.05, 4.69) is 5.38 Å². The van der Waals surface area contributed by atoms with Gasteiger partial charge in [-0.25, -0.2) is 0 Å². The van der Waals surface area contributed by atoms with E-state index in [0.29, 0.717) is 0 Å². The van der Waals surface area contributed by atoms with Gasteiger partial charge in [-0.3, -0.25) is 0 Å². The van der Waals surface area contributed by atoms with Gasteiger partial charge in [0.1, 0.15) is 0 Å². The molecule has 0 aliphatic rings. The summed E-state index contributed by atoms with van der Waals surface area (Å²) in [5, 5.41) is 12.5. The quantitative estimate of drug-likeness (QED) is 0.679. The zero-order valence-corrected chi connectivity index (χ0v) is 5.90. The van der Waals surface area contributed by atoms with Crippen molar-refractivity contribution in [2.45, 2.75) is 6.42 Å². The van der Waals surface area contributed by atoms with Crippen LogP contribution in [0.2, 0.25) is 0 Å². The summed E-state index contributed by atoms with van der Waals surface area (Å²) in [6.45, 7) is 0.246. The van der Waals surface area contributed by atoms with Crippen LogP contribution in [0.4, 0.5) is 0 Å². The second kappa shape index (κ2) is 3.64. The van der Waals surface area contributed by atoms with Gasteiger partial charge in [-0.15, -0.1) is 0 Å². The van der Waals surface area contributed by atoms with Crippen LogP contribution >= 0.6 is 11.3 Å². The monoisotopic (exact) mass is 141 g/mol. The van der Waals surface area contributed by atoms with Crippen molar-refractivity contribution < 1.29 is 5.11 Å². The lowest BCUT2D eigenvalue weighted by Crippen LogP contribution is -1.82. The van der Waals surface area contributed by atoms with E-state index in [0.717, 1.165) is 6.42 Å². The van der Waals surface area contributed by atoms with Crippen LogP contribution in [0.1, 0.15) is 12.0 Å². The predicted molar refractivity (Wildman–Crippen MR) is 39.4 cm³/mol. The van der Waals surface area contributed by atoms with E-state index >= 15 is 0 Å². The van der Waals surface area contributed by atoms with Crippen LogP contribution in [0.15, 0.2) is 16.8 Å². The zero-order chi connectivity index (χ0) is 6.53. The smallest absolute Gasteiger partial charge is 0.0437 e. The van der Waals surface area contributed by atoms with Gasteiger partial charge in [-0.1, -0.05) is 0 Å². The van der Waals surface area contributed by atoms with E-state index in [-0.39, 0.29) is 6.61 Å². The SMILES string of the molecule is OCC[CH]c1ccsc1. The fourth-order valence-electron chi connectivity index (χ4n) is 0.622. The van der Waals surface area contributed by atoms with E-state index < -0.39 is 0 Å². The summed E-state index contributed by atoms with van der Waals surface area (Å²) < 4.78 is 0. The van der Waals surface area contributed by atoms with Crippen LogP contribution in [-0.4, -0.2) is 11.7 Å². The van der Waals surface area contributed by atoms with Crippen molar-refractivity contribution >= 4 is 11.3 Å². The molecule has 0 aliphatic carbocycles. The number of aliphatic hydroxyl groups is 1. The van der Waals surface area contributed by atoms with Crippen molar-refractivity contribution in [3.05, 3.63) is 28.8 Å². The van der Waals surface area contributed by atoms with Crippen LogP contribution in [-0.2, 0) is 0 Å². The highest BCUT2D eigenvalue weighted by Crippen LogP contribution is 2.09. The summed E-state index contributed by atoms with van der Waals surface area (Å²) in [4.78, 5) is 0. The number of rotatable bonds is 3. The highest BCUT2D eigenvalue weighted by Gasteiger charge is 1.90. The van der Waals surface area contributed by atoms with E-state index in [1.54, 1.807) is 11.3 Å². The van der Waals surface area contributed by atoms with Gasteiger partial charge in [-0.05, 0) is 35.2 Å². The Morgan fingerprint density at radius 2 is 2.56 bits per heavy atom. The Hall–Kier alpha value is -0.340. The number of thiophene rings is 1. The molecule has 0 aromatic carbocycles. The van der Waals surface area contributed by atoms with Gasteiger partial charge >= 0.3 is 0 Å². The second-order valence-electron chi connectivity index (χ2n) is 1.77. The molecule has 1 heterocycles. The van der Waals surface area contributed by atoms with E-state index in [1.165, 1.54) is 5.56 Å². The highest BCUT2D eigenvalue weighted by molar-refractivity contribution is 7.08. The van der Waals surface area contributed by atoms with Crippen LogP contribution in [0.5, 0.6) is 0 Å². The first-order chi connectivity index (χ1) is 4.43. The van der Waals surface area contributed by atoms with Crippen LogP contribution in [0.3, 0.4) is 0 Å². The Morgan fingerprint density at radius 1 is 1.67 bits per heavy atom. The van der Waals surface area contributed by atoms with E-state index in [1.807, 2.05) is 17.9 Å². The Kier molecular flexibility index (Phi) is 2.74. The van der Waals surface area contributed by atoms with Crippen LogP contribution in [0.25, 0.3) is 0 Å². The molecule has 0 spiro atoms. The first-order valence-corrected chi connectivity index (χ1v) is 3.84. The average molecular weight is 141 g/mol. The largest absolute Gasteiger partial charge is 0.396 e. The molecular weight excluding hydrogens is 132 g/mol. The lowest BCUT2D eigenvalue weighted by molar-refractivity contribution is 0.299. The molecule has 0 bridgehead atoms. The third kappa shape index (κ3) is 2.16. The minimum Gasteiger partial charge on any atom is -0.396 e. The molecule has 1 N–H and O–H groups in total. The summed E-state index contributed by atoms with van der Waals surface area (Å²) in [7, 11) is 0. The Balaban J connectivity index is 2.30. The second-order valence-corrected chi connectivity index (χ2v) is 2.55. The van der Waals surface area contributed by atoms with Crippen molar-refractivity contribution in [1.82, 2.24) is 0 Å². The standard InChI is InChI=1S/C7H9OS/c8-4-1-2-7-3-5-9-6-7/h2-3,5-6,8H,1,4H2. The fourth-order valence-corrected chi connectivity index (χ4v) is 1.27. The maximum Gasteiger partial charge on any atom is 0.0437 e. The summed E-state index contributed by atoms with van der Waals surface area (Å²) >= 11 is 1.68. The molecule has 9 heavy (non-hydrogen) atoms. The predicted octanol–water partition coefficient (Wildman–Crippen LogP) is 1.68. The molecule has 2 heteroatoms. The van der Waals surface area contributed by atoms with Gasteiger partial charge < -0.3 is 5.11 Å². The first kappa shape index (κ1) is 6.78. The van der Waals surface area contributed by atoms with Crippen LogP contribution in [0, 0.1) is 6.42 Å². The number of hydrogen-bond acceptors (Lipinski definition) is 2. The minimum absolute atomic E-state index is 0.246. The topological polar surface area (TPSA) is 20.2 Å². The molecule has 0 atom stereocenters. The third-order valence-electron chi connectivity index (χ3n) is 1.05. The Bertz CT molecular complexity index is 146. The zero-order valence-electron chi connectivity index (χ0n) is 5.08. The van der Waals surface area contributed by atoms with Crippen LogP contribution < -0.4 is 0 Å². The molecule has 1 radical (unpaired) electrons. The molecule has 0 unspecified atom stereocenters. The average Bonchev–Trinajstić information content (AvgIpc) is 2.34. The van der Waals surface area contributed by atoms with Crippen molar-refractivity contribution in [3.63, 3.8) is 0 Å². The number of aliphatic hydroxyl groups excluding tert-OH is 1. The number of hydrogen-bond donors (Lipinski definition) is 1. The van der Waals surface area contributed by atoms with Crippen molar-refractivity contribution in [1.29, 1.82) is 0 Å². The molecule has 0 amide bonds. The molecule has 1 rings (SSSR count). The molecule has 0 fully saturated rings. The lowest BCUT2D eigenvalue weighted by atomic mass is 10.2. The summed E-state index contributed by atoms with van der Waals surface area (Å²) in [5.41, 5.74) is 1.22. The molecule has 1 aromatic rings. The normalized spacial score (nSPS) is 9.89. The highest BCUT2D eigenvalue weighted by atomic mass is 32.1. The molecule has 1 aromatic heterocycles. The molecule has 1 nitrogen and oxygen atoms in total. The first-order valence-electron chi connectivity index (χ1n) is 2.90. The molecule has 49 valence electrons. The van der Waals surface area contributed by atoms with Gasteiger partial charge in [0.15, 0.2) is 0 Å². The maximum atomic E-state index is 8.44. The molecular formula is C7H9OS. The van der Waals surface area contributed by atoms with Gasteiger partial charge in [0, 0.05) is 6.61 Å².